The highest BCUT2D eigenvalue weighted by Crippen LogP contribution is 2.30. The van der Waals surface area contributed by atoms with Crippen molar-refractivity contribution in [1.82, 2.24) is 5.32 Å². The van der Waals surface area contributed by atoms with Crippen molar-refractivity contribution >= 4 is 19.0 Å². The number of amides is 1. The van der Waals surface area contributed by atoms with E-state index < -0.39 is 19.0 Å². The molecule has 0 fully saturated rings. The molecule has 1 atom stereocenters. The Labute approximate surface area is 140 Å². The highest BCUT2D eigenvalue weighted by molar-refractivity contribution is 6.47. The molecule has 1 aromatic rings. The third-order valence-corrected chi connectivity index (χ3v) is 3.59. The molecule has 1 unspecified atom stereocenters. The average molecular weight is 330 g/mol. The minimum atomic E-state index is -1.27. The van der Waals surface area contributed by atoms with Crippen LogP contribution in [0.1, 0.15) is 42.1 Å². The first-order valence-electron chi connectivity index (χ1n) is 7.86. The summed E-state index contributed by atoms with van der Waals surface area (Å²) in [6, 6.07) is 6.95. The van der Waals surface area contributed by atoms with Gasteiger partial charge in [0.1, 0.15) is 11.3 Å². The van der Waals surface area contributed by atoms with E-state index in [2.05, 4.69) is 5.32 Å². The summed E-state index contributed by atoms with van der Waals surface area (Å²) < 4.78 is 10.6. The van der Waals surface area contributed by atoms with Crippen LogP contribution in [0.25, 0.3) is 0 Å². The van der Waals surface area contributed by atoms with Crippen molar-refractivity contribution in [2.75, 3.05) is 6.61 Å². The Morgan fingerprint density at radius 2 is 2.33 bits per heavy atom. The summed E-state index contributed by atoms with van der Waals surface area (Å²) in [5.74, 6) is -1.18. The van der Waals surface area contributed by atoms with Crippen molar-refractivity contribution in [1.29, 1.82) is 5.26 Å². The molecule has 1 heterocycles. The number of nitrogens with one attached hydrogen (secondary N) is 1. The van der Waals surface area contributed by atoms with E-state index in [9.17, 15) is 14.6 Å². The fraction of sp³-hybridized carbons (Fsp3) is 0.438. The molecular formula is C16H19BN2O5. The molecule has 0 saturated carbocycles. The Hall–Kier alpha value is -2.53. The van der Waals surface area contributed by atoms with Crippen LogP contribution in [0.15, 0.2) is 18.2 Å². The van der Waals surface area contributed by atoms with Gasteiger partial charge in [-0.3, -0.25) is 4.79 Å². The predicted octanol–water partition coefficient (Wildman–Crippen LogP) is 0.997. The number of carbonyl (C=O) groups is 2. The van der Waals surface area contributed by atoms with Gasteiger partial charge in [0.2, 0.25) is 5.91 Å². The van der Waals surface area contributed by atoms with E-state index in [-0.39, 0.29) is 30.1 Å². The number of rotatable bonds is 6. The SMILES string of the molecule is CCCOC(=O)c1cccc2c1OB(O)C(NC(=O)CCC#N)C2. The zero-order valence-electron chi connectivity index (χ0n) is 13.4. The van der Waals surface area contributed by atoms with Crippen molar-refractivity contribution in [2.24, 2.45) is 0 Å². The first-order chi connectivity index (χ1) is 11.6. The largest absolute Gasteiger partial charge is 0.547 e. The Morgan fingerprint density at radius 3 is 3.04 bits per heavy atom. The van der Waals surface area contributed by atoms with Crippen LogP contribution in [0.4, 0.5) is 0 Å². The lowest BCUT2D eigenvalue weighted by Crippen LogP contribution is -2.53. The van der Waals surface area contributed by atoms with Crippen molar-refractivity contribution in [3.05, 3.63) is 29.3 Å². The second kappa shape index (κ2) is 8.36. The molecule has 1 aliphatic heterocycles. The van der Waals surface area contributed by atoms with Crippen LogP contribution in [0, 0.1) is 11.3 Å². The number of hydrogen-bond acceptors (Lipinski definition) is 6. The monoisotopic (exact) mass is 330 g/mol. The van der Waals surface area contributed by atoms with Crippen molar-refractivity contribution < 1.29 is 24.0 Å². The number of carbonyl (C=O) groups excluding carboxylic acids is 2. The molecule has 126 valence electrons. The Kier molecular flexibility index (Phi) is 6.21. The molecule has 2 rings (SSSR count). The van der Waals surface area contributed by atoms with Crippen molar-refractivity contribution in [3.63, 3.8) is 0 Å². The zero-order chi connectivity index (χ0) is 17.5. The van der Waals surface area contributed by atoms with Gasteiger partial charge < -0.3 is 19.7 Å². The lowest BCUT2D eigenvalue weighted by molar-refractivity contribution is -0.121. The third kappa shape index (κ3) is 4.27. The van der Waals surface area contributed by atoms with Gasteiger partial charge in [0.15, 0.2) is 0 Å². The number of ether oxygens (including phenoxy) is 1. The number of esters is 1. The molecule has 0 aliphatic carbocycles. The molecule has 0 aromatic heterocycles. The Bertz CT molecular complexity index is 658. The molecule has 8 heteroatoms. The van der Waals surface area contributed by atoms with Gasteiger partial charge in [0.05, 0.1) is 18.6 Å². The molecular weight excluding hydrogens is 311 g/mol. The smallest absolute Gasteiger partial charge is 0.534 e. The number of fused-ring (bicyclic) bond motifs is 1. The standard InChI is InChI=1S/C16H19BN2O5/c1-2-9-23-16(21)12-6-3-5-11-10-13(17(22)24-15(11)12)19-14(20)7-4-8-18/h3,5-6,13,22H,2,4,7,9-10H2,1H3,(H,19,20). The van der Waals surface area contributed by atoms with Crippen LogP contribution in [0.3, 0.4) is 0 Å². The molecule has 0 radical (unpaired) electrons. The molecule has 1 amide bonds. The van der Waals surface area contributed by atoms with Crippen molar-refractivity contribution in [3.8, 4) is 11.8 Å². The number of hydrogen-bond donors (Lipinski definition) is 2. The van der Waals surface area contributed by atoms with Gasteiger partial charge in [0.25, 0.3) is 0 Å². The Balaban J connectivity index is 2.12. The van der Waals surface area contributed by atoms with E-state index >= 15 is 0 Å². The second-order valence-corrected chi connectivity index (χ2v) is 5.47. The molecule has 7 nitrogen and oxygen atoms in total. The predicted molar refractivity (Wildman–Crippen MR) is 86.1 cm³/mol. The summed E-state index contributed by atoms with van der Waals surface area (Å²) in [5.41, 5.74) is 0.964. The van der Waals surface area contributed by atoms with Gasteiger partial charge in [-0.15, -0.1) is 0 Å². The minimum absolute atomic E-state index is 0.0654. The van der Waals surface area contributed by atoms with Gasteiger partial charge in [-0.1, -0.05) is 19.1 Å². The van der Waals surface area contributed by atoms with E-state index in [0.717, 1.165) is 0 Å². The molecule has 1 aromatic carbocycles. The summed E-state index contributed by atoms with van der Waals surface area (Å²) in [6.07, 6.45) is 1.21. The van der Waals surface area contributed by atoms with E-state index in [0.29, 0.717) is 25.0 Å². The molecule has 0 saturated heterocycles. The number of benzene rings is 1. The molecule has 0 spiro atoms. The normalized spacial score (nSPS) is 15.7. The van der Waals surface area contributed by atoms with Crippen LogP contribution >= 0.6 is 0 Å². The molecule has 24 heavy (non-hydrogen) atoms. The fourth-order valence-electron chi connectivity index (χ4n) is 2.43. The third-order valence-electron chi connectivity index (χ3n) is 3.59. The maximum Gasteiger partial charge on any atom is 0.547 e. The lowest BCUT2D eigenvalue weighted by Gasteiger charge is -2.29. The van der Waals surface area contributed by atoms with E-state index in [1.165, 1.54) is 0 Å². The summed E-state index contributed by atoms with van der Waals surface area (Å²) in [6.45, 7) is 2.20. The maximum atomic E-state index is 12.1. The number of para-hydroxylation sites is 1. The minimum Gasteiger partial charge on any atom is -0.534 e. The van der Waals surface area contributed by atoms with Crippen molar-refractivity contribution in [2.45, 2.75) is 38.5 Å². The number of nitriles is 1. The first-order valence-corrected chi connectivity index (χ1v) is 7.86. The van der Waals surface area contributed by atoms with Gasteiger partial charge in [-0.2, -0.15) is 5.26 Å². The summed E-state index contributed by atoms with van der Waals surface area (Å²) in [5, 5.41) is 21.3. The fourth-order valence-corrected chi connectivity index (χ4v) is 2.43. The summed E-state index contributed by atoms with van der Waals surface area (Å²) >= 11 is 0. The second-order valence-electron chi connectivity index (χ2n) is 5.47. The molecule has 0 bridgehead atoms. The van der Waals surface area contributed by atoms with Gasteiger partial charge in [-0.25, -0.2) is 4.79 Å². The summed E-state index contributed by atoms with van der Waals surface area (Å²) in [4.78, 5) is 23.8. The maximum absolute atomic E-state index is 12.1. The van der Waals surface area contributed by atoms with Gasteiger partial charge >= 0.3 is 13.1 Å². The highest BCUT2D eigenvalue weighted by atomic mass is 16.5. The van der Waals surface area contributed by atoms with Crippen LogP contribution in [0.5, 0.6) is 5.75 Å². The van der Waals surface area contributed by atoms with Gasteiger partial charge in [0, 0.05) is 12.8 Å². The van der Waals surface area contributed by atoms with E-state index in [4.69, 9.17) is 14.7 Å². The quantitative estimate of drug-likeness (QED) is 0.595. The molecule has 2 N–H and O–H groups in total. The lowest BCUT2D eigenvalue weighted by atomic mass is 9.72. The Morgan fingerprint density at radius 1 is 1.54 bits per heavy atom. The van der Waals surface area contributed by atoms with E-state index in [1.807, 2.05) is 13.0 Å². The van der Waals surface area contributed by atoms with Gasteiger partial charge in [-0.05, 0) is 24.5 Å². The van der Waals surface area contributed by atoms with E-state index in [1.54, 1.807) is 18.2 Å². The first kappa shape index (κ1) is 17.8. The average Bonchev–Trinajstić information content (AvgIpc) is 2.58. The van der Waals surface area contributed by atoms with Crippen LogP contribution in [0.2, 0.25) is 0 Å². The van der Waals surface area contributed by atoms with Crippen LogP contribution < -0.4 is 9.97 Å². The summed E-state index contributed by atoms with van der Waals surface area (Å²) in [7, 11) is -1.27. The highest BCUT2D eigenvalue weighted by Gasteiger charge is 2.37. The topological polar surface area (TPSA) is 109 Å². The zero-order valence-corrected chi connectivity index (χ0v) is 13.4. The number of nitrogens with zero attached hydrogens (tertiary/aromatic N) is 1. The van der Waals surface area contributed by atoms with Crippen LogP contribution in [-0.2, 0) is 16.0 Å². The van der Waals surface area contributed by atoms with Crippen LogP contribution in [-0.4, -0.2) is 36.6 Å². The molecule has 1 aliphatic rings.